The van der Waals surface area contributed by atoms with Crippen molar-refractivity contribution in [1.82, 2.24) is 9.55 Å². The first-order valence-electron chi connectivity index (χ1n) is 10.0. The molecule has 33 heavy (non-hydrogen) atoms. The second-order valence-electron chi connectivity index (χ2n) is 7.42. The predicted molar refractivity (Wildman–Crippen MR) is 128 cm³/mol. The molecule has 2 heterocycles. The lowest BCUT2D eigenvalue weighted by Gasteiger charge is -2.14. The van der Waals surface area contributed by atoms with Crippen LogP contribution in [0.5, 0.6) is 0 Å². The zero-order valence-corrected chi connectivity index (χ0v) is 18.1. The molecule has 3 aromatic carbocycles. The third kappa shape index (κ3) is 3.68. The van der Waals surface area contributed by atoms with E-state index in [1.807, 2.05) is 6.07 Å². The fraction of sp³-hybridized carbons (Fsp3) is 0.0400. The average Bonchev–Trinajstić information content (AvgIpc) is 2.80. The summed E-state index contributed by atoms with van der Waals surface area (Å²) in [5.41, 5.74) is 0.541. The molecule has 2 aromatic heterocycles. The summed E-state index contributed by atoms with van der Waals surface area (Å²) in [7, 11) is 0. The highest BCUT2D eigenvalue weighted by molar-refractivity contribution is 6.34. The van der Waals surface area contributed by atoms with Crippen molar-refractivity contribution in [2.45, 2.75) is 6.92 Å². The summed E-state index contributed by atoms with van der Waals surface area (Å²) in [6.45, 7) is 1.72. The van der Waals surface area contributed by atoms with E-state index >= 15 is 0 Å². The zero-order valence-electron chi connectivity index (χ0n) is 17.3. The molecule has 0 bridgehead atoms. The molecule has 0 spiro atoms. The second-order valence-corrected chi connectivity index (χ2v) is 7.83. The maximum Gasteiger partial charge on any atom is 0.349 e. The molecular formula is C25H16ClN3O4. The van der Waals surface area contributed by atoms with Crippen molar-refractivity contribution in [1.29, 1.82) is 0 Å². The second kappa shape index (κ2) is 8.03. The first-order chi connectivity index (χ1) is 15.9. The molecule has 0 saturated carbocycles. The van der Waals surface area contributed by atoms with Crippen molar-refractivity contribution in [3.05, 3.63) is 110 Å². The van der Waals surface area contributed by atoms with Gasteiger partial charge in [0.25, 0.3) is 11.5 Å². The number of para-hydroxylation sites is 2. The van der Waals surface area contributed by atoms with Gasteiger partial charge in [0, 0.05) is 5.39 Å². The number of anilines is 1. The van der Waals surface area contributed by atoms with Crippen molar-refractivity contribution in [3.8, 4) is 5.69 Å². The van der Waals surface area contributed by atoms with E-state index in [-0.39, 0.29) is 21.8 Å². The predicted octanol–water partition coefficient (Wildman–Crippen LogP) is 4.71. The van der Waals surface area contributed by atoms with E-state index in [2.05, 4.69) is 10.3 Å². The van der Waals surface area contributed by atoms with Crippen molar-refractivity contribution in [3.63, 3.8) is 0 Å². The number of benzene rings is 3. The fourth-order valence-electron chi connectivity index (χ4n) is 3.71. The van der Waals surface area contributed by atoms with E-state index in [4.69, 9.17) is 16.0 Å². The molecule has 0 atom stereocenters. The Kier molecular flexibility index (Phi) is 5.03. The molecule has 0 aliphatic heterocycles. The number of carbonyl (C=O) groups is 1. The van der Waals surface area contributed by atoms with Crippen LogP contribution in [0, 0.1) is 6.92 Å². The number of nitrogens with zero attached hydrogens (tertiary/aromatic N) is 2. The first kappa shape index (κ1) is 20.7. The number of rotatable bonds is 3. The highest BCUT2D eigenvalue weighted by Gasteiger charge is 2.17. The summed E-state index contributed by atoms with van der Waals surface area (Å²) < 4.78 is 6.69. The van der Waals surface area contributed by atoms with Gasteiger partial charge in [0.15, 0.2) is 0 Å². The maximum atomic E-state index is 13.1. The van der Waals surface area contributed by atoms with Crippen molar-refractivity contribution < 1.29 is 9.21 Å². The minimum absolute atomic E-state index is 0.157. The van der Waals surface area contributed by atoms with Gasteiger partial charge in [-0.15, -0.1) is 0 Å². The monoisotopic (exact) mass is 457 g/mol. The largest absolute Gasteiger partial charge is 0.422 e. The van der Waals surface area contributed by atoms with Crippen LogP contribution in [0.1, 0.15) is 16.2 Å². The molecule has 1 N–H and O–H groups in total. The lowest BCUT2D eigenvalue weighted by Crippen LogP contribution is -2.23. The smallest absolute Gasteiger partial charge is 0.349 e. The van der Waals surface area contributed by atoms with Crippen LogP contribution in [-0.2, 0) is 0 Å². The Balaban J connectivity index is 1.56. The van der Waals surface area contributed by atoms with Crippen molar-refractivity contribution >= 4 is 45.1 Å². The zero-order chi connectivity index (χ0) is 23.1. The van der Waals surface area contributed by atoms with E-state index in [1.165, 1.54) is 10.6 Å². The van der Waals surface area contributed by atoms with E-state index < -0.39 is 11.5 Å². The van der Waals surface area contributed by atoms with Crippen LogP contribution in [0.4, 0.5) is 5.69 Å². The Morgan fingerprint density at radius 3 is 2.61 bits per heavy atom. The number of hydrogen-bond acceptors (Lipinski definition) is 5. The van der Waals surface area contributed by atoms with Gasteiger partial charge in [-0.3, -0.25) is 14.2 Å². The Morgan fingerprint density at radius 1 is 1.00 bits per heavy atom. The number of amides is 1. The van der Waals surface area contributed by atoms with Crippen LogP contribution >= 0.6 is 11.6 Å². The molecule has 162 valence electrons. The van der Waals surface area contributed by atoms with Crippen LogP contribution in [0.25, 0.3) is 27.6 Å². The highest BCUT2D eigenvalue weighted by Crippen LogP contribution is 2.26. The molecule has 0 aliphatic carbocycles. The lowest BCUT2D eigenvalue weighted by molar-refractivity contribution is 0.102. The lowest BCUT2D eigenvalue weighted by atomic mass is 10.1. The third-order valence-corrected chi connectivity index (χ3v) is 5.62. The number of aromatic nitrogens is 2. The number of nitrogens with one attached hydrogen (secondary N) is 1. The van der Waals surface area contributed by atoms with Crippen LogP contribution in [-0.4, -0.2) is 15.5 Å². The number of fused-ring (bicyclic) bond motifs is 2. The molecule has 0 saturated heterocycles. The van der Waals surface area contributed by atoms with Crippen LogP contribution < -0.4 is 16.5 Å². The topological polar surface area (TPSA) is 94.2 Å². The molecule has 0 aliphatic rings. The van der Waals surface area contributed by atoms with Gasteiger partial charge in [0.05, 0.1) is 27.3 Å². The van der Waals surface area contributed by atoms with Gasteiger partial charge in [0.1, 0.15) is 17.0 Å². The van der Waals surface area contributed by atoms with E-state index in [0.29, 0.717) is 33.4 Å². The summed E-state index contributed by atoms with van der Waals surface area (Å²) in [5, 5.41) is 3.99. The minimum atomic E-state index is -0.760. The summed E-state index contributed by atoms with van der Waals surface area (Å²) in [6, 6.07) is 20.2. The number of carbonyl (C=O) groups excluding carboxylic acids is 1. The molecular weight excluding hydrogens is 442 g/mol. The Morgan fingerprint density at radius 2 is 1.76 bits per heavy atom. The third-order valence-electron chi connectivity index (χ3n) is 5.29. The van der Waals surface area contributed by atoms with Crippen LogP contribution in [0.15, 0.2) is 86.8 Å². The summed E-state index contributed by atoms with van der Waals surface area (Å²) >= 11 is 6.31. The van der Waals surface area contributed by atoms with E-state index in [0.717, 1.165) is 0 Å². The van der Waals surface area contributed by atoms with Gasteiger partial charge in [-0.25, -0.2) is 9.78 Å². The van der Waals surface area contributed by atoms with Crippen molar-refractivity contribution in [2.24, 2.45) is 0 Å². The average molecular weight is 458 g/mol. The van der Waals surface area contributed by atoms with Crippen LogP contribution in [0.2, 0.25) is 5.02 Å². The molecule has 0 unspecified atom stereocenters. The molecule has 7 nitrogen and oxygen atoms in total. The summed E-state index contributed by atoms with van der Waals surface area (Å²) in [4.78, 5) is 42.8. The number of aryl methyl sites for hydroxylation is 1. The Bertz CT molecular complexity index is 1690. The Labute approximate surface area is 191 Å². The van der Waals surface area contributed by atoms with Gasteiger partial charge in [-0.05, 0) is 49.4 Å². The molecule has 1 amide bonds. The van der Waals surface area contributed by atoms with Crippen molar-refractivity contribution in [2.75, 3.05) is 5.32 Å². The first-order valence-corrected chi connectivity index (χ1v) is 10.4. The SMILES string of the molecule is Cc1nc2ccccc2c(=O)n1-c1ccc(Cl)c(NC(=O)c2cc3ccccc3oc2=O)c1. The summed E-state index contributed by atoms with van der Waals surface area (Å²) in [6.07, 6.45) is 0. The standard InChI is InChI=1S/C25H16ClN3O4/c1-14-27-20-8-4-3-7-17(20)24(31)29(14)16-10-11-19(26)21(13-16)28-23(30)18-12-15-6-2-5-9-22(15)33-25(18)32/h2-13H,1H3,(H,28,30). The minimum Gasteiger partial charge on any atom is -0.422 e. The quantitative estimate of drug-likeness (QED) is 0.396. The molecule has 5 aromatic rings. The van der Waals surface area contributed by atoms with Gasteiger partial charge in [0.2, 0.25) is 0 Å². The van der Waals surface area contributed by atoms with Gasteiger partial charge < -0.3 is 9.73 Å². The van der Waals surface area contributed by atoms with Gasteiger partial charge >= 0.3 is 5.63 Å². The number of halogens is 1. The highest BCUT2D eigenvalue weighted by atomic mass is 35.5. The molecule has 5 rings (SSSR count). The normalized spacial score (nSPS) is 11.1. The molecule has 8 heteroatoms. The number of hydrogen-bond donors (Lipinski definition) is 1. The van der Waals surface area contributed by atoms with Crippen LogP contribution in [0.3, 0.4) is 0 Å². The maximum absolute atomic E-state index is 13.1. The fourth-order valence-corrected chi connectivity index (χ4v) is 3.87. The van der Waals surface area contributed by atoms with E-state index in [9.17, 15) is 14.4 Å². The van der Waals surface area contributed by atoms with Gasteiger partial charge in [-0.1, -0.05) is 41.9 Å². The van der Waals surface area contributed by atoms with E-state index in [1.54, 1.807) is 67.6 Å². The molecule has 0 fully saturated rings. The van der Waals surface area contributed by atoms with Gasteiger partial charge in [-0.2, -0.15) is 0 Å². The Hall–Kier alpha value is -4.23. The molecule has 0 radical (unpaired) electrons. The summed E-state index contributed by atoms with van der Waals surface area (Å²) in [5.74, 6) is -0.192.